The van der Waals surface area contributed by atoms with Crippen LogP contribution in [0.1, 0.15) is 5.82 Å². The number of aryl methyl sites for hydroxylation is 1. The van der Waals surface area contributed by atoms with Gasteiger partial charge in [-0.1, -0.05) is 23.7 Å². The molecular formula is C19H21ClN4O3S. The summed E-state index contributed by atoms with van der Waals surface area (Å²) in [6.45, 7) is 2.56. The maximum Gasteiger partial charge on any atom is 0.243 e. The van der Waals surface area contributed by atoms with Crippen LogP contribution in [0.25, 0.3) is 11.0 Å². The lowest BCUT2D eigenvalue weighted by Crippen LogP contribution is -2.39. The molecule has 3 rings (SSSR count). The molecule has 0 aliphatic rings. The number of halogens is 1. The van der Waals surface area contributed by atoms with Crippen molar-refractivity contribution in [2.75, 3.05) is 20.1 Å². The van der Waals surface area contributed by atoms with Crippen molar-refractivity contribution in [1.82, 2.24) is 19.2 Å². The van der Waals surface area contributed by atoms with Gasteiger partial charge in [0.05, 0.1) is 22.5 Å². The number of carbonyl (C=O) groups excluding carboxylic acids is 1. The highest BCUT2D eigenvalue weighted by atomic mass is 35.5. The highest BCUT2D eigenvalue weighted by Crippen LogP contribution is 2.17. The minimum absolute atomic E-state index is 0.0905. The molecule has 1 aromatic heterocycles. The molecule has 7 nitrogen and oxygen atoms in total. The van der Waals surface area contributed by atoms with Crippen molar-refractivity contribution in [2.24, 2.45) is 0 Å². The first-order valence-corrected chi connectivity index (χ1v) is 10.5. The first-order chi connectivity index (χ1) is 13.3. The van der Waals surface area contributed by atoms with Crippen molar-refractivity contribution in [1.29, 1.82) is 0 Å². The number of aromatic nitrogens is 2. The van der Waals surface area contributed by atoms with Crippen LogP contribution in [0.2, 0.25) is 5.02 Å². The molecule has 0 aliphatic heterocycles. The standard InChI is InChI=1S/C19H21ClN4O3S/c1-14-22-17-5-3-4-6-18(17)24(14)12-11-21-19(25)13-23(2)28(26,27)16-9-7-15(20)8-10-16/h3-10H,11-13H2,1-2H3,(H,21,25). The third-order valence-electron chi connectivity index (χ3n) is 4.39. The summed E-state index contributed by atoms with van der Waals surface area (Å²) in [7, 11) is -2.38. The zero-order chi connectivity index (χ0) is 20.3. The number of likely N-dealkylation sites (N-methyl/N-ethyl adjacent to an activating group) is 1. The molecule has 1 heterocycles. The summed E-state index contributed by atoms with van der Waals surface area (Å²) in [6, 6.07) is 13.6. The van der Waals surface area contributed by atoms with Crippen molar-refractivity contribution in [2.45, 2.75) is 18.4 Å². The third-order valence-corrected chi connectivity index (χ3v) is 6.46. The minimum Gasteiger partial charge on any atom is -0.353 e. The fourth-order valence-electron chi connectivity index (χ4n) is 2.91. The van der Waals surface area contributed by atoms with Gasteiger partial charge in [0, 0.05) is 25.2 Å². The predicted octanol–water partition coefficient (Wildman–Crippen LogP) is 2.44. The minimum atomic E-state index is -3.76. The van der Waals surface area contributed by atoms with Crippen molar-refractivity contribution in [3.05, 3.63) is 59.4 Å². The second kappa shape index (κ2) is 8.30. The Morgan fingerprint density at radius 3 is 2.57 bits per heavy atom. The third kappa shape index (κ3) is 4.35. The van der Waals surface area contributed by atoms with Crippen LogP contribution < -0.4 is 5.32 Å². The number of hydrogen-bond acceptors (Lipinski definition) is 4. The quantitative estimate of drug-likeness (QED) is 0.636. The zero-order valence-corrected chi connectivity index (χ0v) is 17.2. The first kappa shape index (κ1) is 20.3. The van der Waals surface area contributed by atoms with Gasteiger partial charge in [0.15, 0.2) is 0 Å². The number of para-hydroxylation sites is 2. The van der Waals surface area contributed by atoms with Gasteiger partial charge in [-0.25, -0.2) is 13.4 Å². The largest absolute Gasteiger partial charge is 0.353 e. The van der Waals surface area contributed by atoms with Crippen molar-refractivity contribution >= 4 is 38.6 Å². The molecule has 0 unspecified atom stereocenters. The van der Waals surface area contributed by atoms with Gasteiger partial charge in [0.25, 0.3) is 0 Å². The Bertz CT molecular complexity index is 1090. The van der Waals surface area contributed by atoms with Gasteiger partial charge < -0.3 is 9.88 Å². The number of fused-ring (bicyclic) bond motifs is 1. The smallest absolute Gasteiger partial charge is 0.243 e. The number of amides is 1. The van der Waals surface area contributed by atoms with Gasteiger partial charge in [0.2, 0.25) is 15.9 Å². The number of rotatable bonds is 7. The number of imidazole rings is 1. The SMILES string of the molecule is Cc1nc2ccccc2n1CCNC(=O)CN(C)S(=O)(=O)c1ccc(Cl)cc1. The van der Waals surface area contributed by atoms with E-state index in [9.17, 15) is 13.2 Å². The Labute approximate surface area is 169 Å². The molecule has 0 saturated carbocycles. The maximum atomic E-state index is 12.5. The second-order valence-corrected chi connectivity index (χ2v) is 8.85. The van der Waals surface area contributed by atoms with Crippen LogP contribution >= 0.6 is 11.6 Å². The zero-order valence-electron chi connectivity index (χ0n) is 15.6. The molecule has 1 N–H and O–H groups in total. The number of sulfonamides is 1. The molecule has 148 valence electrons. The van der Waals surface area contributed by atoms with Crippen LogP contribution in [0, 0.1) is 6.92 Å². The van der Waals surface area contributed by atoms with Gasteiger partial charge in [-0.2, -0.15) is 4.31 Å². The number of nitrogens with zero attached hydrogens (tertiary/aromatic N) is 3. The van der Waals surface area contributed by atoms with Crippen molar-refractivity contribution in [3.8, 4) is 0 Å². The monoisotopic (exact) mass is 420 g/mol. The van der Waals surface area contributed by atoms with E-state index >= 15 is 0 Å². The molecule has 0 radical (unpaired) electrons. The fraction of sp³-hybridized carbons (Fsp3) is 0.263. The van der Waals surface area contributed by atoms with E-state index in [-0.39, 0.29) is 17.3 Å². The summed E-state index contributed by atoms with van der Waals surface area (Å²) >= 11 is 5.79. The van der Waals surface area contributed by atoms with E-state index in [2.05, 4.69) is 10.3 Å². The molecule has 0 aliphatic carbocycles. The van der Waals surface area contributed by atoms with Gasteiger partial charge in [-0.05, 0) is 43.3 Å². The van der Waals surface area contributed by atoms with Gasteiger partial charge >= 0.3 is 0 Å². The summed E-state index contributed by atoms with van der Waals surface area (Å²) in [6.07, 6.45) is 0. The van der Waals surface area contributed by atoms with Crippen LogP contribution in [0.15, 0.2) is 53.4 Å². The molecule has 0 spiro atoms. The molecule has 0 bridgehead atoms. The topological polar surface area (TPSA) is 84.3 Å². The van der Waals surface area contributed by atoms with Crippen LogP contribution in [-0.2, 0) is 21.4 Å². The van der Waals surface area contributed by atoms with Gasteiger partial charge in [-0.3, -0.25) is 4.79 Å². The molecule has 0 saturated heterocycles. The Morgan fingerprint density at radius 2 is 1.86 bits per heavy atom. The highest BCUT2D eigenvalue weighted by Gasteiger charge is 2.22. The average Bonchev–Trinajstić information content (AvgIpc) is 2.97. The molecule has 28 heavy (non-hydrogen) atoms. The summed E-state index contributed by atoms with van der Waals surface area (Å²) in [5.41, 5.74) is 1.90. The van der Waals surface area contributed by atoms with E-state index in [0.29, 0.717) is 18.1 Å². The highest BCUT2D eigenvalue weighted by molar-refractivity contribution is 7.89. The predicted molar refractivity (Wildman–Crippen MR) is 109 cm³/mol. The van der Waals surface area contributed by atoms with E-state index in [0.717, 1.165) is 21.2 Å². The fourth-order valence-corrected chi connectivity index (χ4v) is 4.17. The number of hydrogen-bond donors (Lipinski definition) is 1. The average molecular weight is 421 g/mol. The van der Waals surface area contributed by atoms with Crippen LogP contribution in [-0.4, -0.2) is 48.3 Å². The maximum absolute atomic E-state index is 12.5. The lowest BCUT2D eigenvalue weighted by molar-refractivity contribution is -0.121. The summed E-state index contributed by atoms with van der Waals surface area (Å²) in [5, 5.41) is 3.21. The molecule has 9 heteroatoms. The van der Waals surface area contributed by atoms with Crippen molar-refractivity contribution < 1.29 is 13.2 Å². The van der Waals surface area contributed by atoms with E-state index < -0.39 is 10.0 Å². The molecule has 2 aromatic carbocycles. The molecular weight excluding hydrogens is 400 g/mol. The summed E-state index contributed by atoms with van der Waals surface area (Å²) < 4.78 is 28.1. The van der Waals surface area contributed by atoms with E-state index in [1.165, 1.54) is 31.3 Å². The summed E-state index contributed by atoms with van der Waals surface area (Å²) in [4.78, 5) is 16.8. The van der Waals surface area contributed by atoms with E-state index in [4.69, 9.17) is 11.6 Å². The van der Waals surface area contributed by atoms with E-state index in [1.807, 2.05) is 35.8 Å². The molecule has 0 atom stereocenters. The lowest BCUT2D eigenvalue weighted by Gasteiger charge is -2.17. The Hall–Kier alpha value is -2.42. The van der Waals surface area contributed by atoms with Crippen LogP contribution in [0.4, 0.5) is 0 Å². The van der Waals surface area contributed by atoms with Gasteiger partial charge in [-0.15, -0.1) is 0 Å². The number of nitrogens with one attached hydrogen (secondary N) is 1. The summed E-state index contributed by atoms with van der Waals surface area (Å²) in [5.74, 6) is 0.486. The van der Waals surface area contributed by atoms with Gasteiger partial charge in [0.1, 0.15) is 5.82 Å². The normalized spacial score (nSPS) is 11.9. The molecule has 0 fully saturated rings. The second-order valence-electron chi connectivity index (χ2n) is 6.36. The molecule has 3 aromatic rings. The first-order valence-electron chi connectivity index (χ1n) is 8.69. The Kier molecular flexibility index (Phi) is 6.02. The lowest BCUT2D eigenvalue weighted by atomic mass is 10.3. The Balaban J connectivity index is 1.58. The molecule has 1 amide bonds. The van der Waals surface area contributed by atoms with Crippen LogP contribution in [0.3, 0.4) is 0 Å². The van der Waals surface area contributed by atoms with E-state index in [1.54, 1.807) is 0 Å². The number of carbonyl (C=O) groups is 1. The van der Waals surface area contributed by atoms with Crippen molar-refractivity contribution in [3.63, 3.8) is 0 Å². The number of benzene rings is 2. The Morgan fingerprint density at radius 1 is 1.18 bits per heavy atom. The van der Waals surface area contributed by atoms with Crippen LogP contribution in [0.5, 0.6) is 0 Å².